The monoisotopic (exact) mass is 126 g/mol. The topological polar surface area (TPSA) is 25.8 Å². The van der Waals surface area contributed by atoms with Crippen LogP contribution in [0, 0.1) is 0 Å². The summed E-state index contributed by atoms with van der Waals surface area (Å²) in [4.78, 5) is 7.35. The Hall–Kier alpha value is -0.565. The third-order valence-corrected chi connectivity index (χ3v) is 0.478. The Morgan fingerprint density at radius 2 is 1.62 bits per heavy atom. The van der Waals surface area contributed by atoms with Crippen molar-refractivity contribution in [3.8, 4) is 0 Å². The summed E-state index contributed by atoms with van der Waals surface area (Å²) in [7, 11) is 3.97. The van der Waals surface area contributed by atoms with Crippen LogP contribution in [0.2, 0.25) is 0 Å². The summed E-state index contributed by atoms with van der Waals surface area (Å²) in [5.74, 6) is 0. The van der Waals surface area contributed by atoms with Crippen molar-refractivity contribution in [1.82, 2.24) is 9.97 Å². The van der Waals surface area contributed by atoms with Crippen LogP contribution in [0.4, 0.5) is 0 Å². The molecular formula is C4H4BClN2. The minimum Gasteiger partial charge on any atom is -0.245 e. The molecule has 4 heteroatoms. The average Bonchev–Trinajstić information content (AvgIpc) is 1.96. The van der Waals surface area contributed by atoms with Crippen LogP contribution >= 0.6 is 11.5 Å². The number of hydrogen-bond acceptors (Lipinski definition) is 2. The van der Waals surface area contributed by atoms with E-state index in [1.54, 1.807) is 18.5 Å². The lowest BCUT2D eigenvalue weighted by molar-refractivity contribution is 1.17. The van der Waals surface area contributed by atoms with Gasteiger partial charge in [0.05, 0.1) is 0 Å². The number of nitrogens with zero attached hydrogens (tertiary/aromatic N) is 2. The van der Waals surface area contributed by atoms with Gasteiger partial charge in [0.15, 0.2) is 0 Å². The van der Waals surface area contributed by atoms with Gasteiger partial charge in [0.25, 0.3) is 0 Å². The van der Waals surface area contributed by atoms with Gasteiger partial charge in [-0.15, -0.1) is 0 Å². The first-order valence-corrected chi connectivity index (χ1v) is 2.35. The Balaban J connectivity index is 0.000000222. The molecule has 0 saturated heterocycles. The molecular weight excluding hydrogens is 122 g/mol. The largest absolute Gasteiger partial charge is 0.245 e. The predicted octanol–water partition coefficient (Wildman–Crippen LogP) is 0.785. The Morgan fingerprint density at radius 1 is 1.12 bits per heavy atom. The van der Waals surface area contributed by atoms with Crippen molar-refractivity contribution in [3.05, 3.63) is 24.8 Å². The summed E-state index contributed by atoms with van der Waals surface area (Å²) in [6.07, 6.45) is 4.88. The van der Waals surface area contributed by atoms with E-state index in [9.17, 15) is 0 Å². The third-order valence-electron chi connectivity index (χ3n) is 0.478. The van der Waals surface area contributed by atoms with Gasteiger partial charge in [-0.3, -0.25) is 0 Å². The fourth-order valence-electron chi connectivity index (χ4n) is 0.253. The first-order valence-electron chi connectivity index (χ1n) is 1.92. The average molecular weight is 126 g/mol. The Morgan fingerprint density at radius 3 is 1.75 bits per heavy atom. The molecule has 0 N–H and O–H groups in total. The van der Waals surface area contributed by atoms with Crippen LogP contribution in [-0.4, -0.2) is 17.2 Å². The first kappa shape index (κ1) is 7.43. The molecule has 2 radical (unpaired) electrons. The highest BCUT2D eigenvalue weighted by Crippen LogP contribution is 1.66. The molecule has 0 unspecified atom stereocenters. The fraction of sp³-hybridized carbons (Fsp3) is 0. The second kappa shape index (κ2) is 6.43. The maximum absolute atomic E-state index is 4.14. The zero-order chi connectivity index (χ0) is 6.24. The van der Waals surface area contributed by atoms with Crippen LogP contribution in [0.15, 0.2) is 24.8 Å². The van der Waals surface area contributed by atoms with E-state index in [0.29, 0.717) is 0 Å². The van der Waals surface area contributed by atoms with E-state index in [1.807, 2.05) is 0 Å². The number of rotatable bonds is 0. The van der Waals surface area contributed by atoms with Gasteiger partial charge in [0, 0.05) is 12.4 Å². The van der Waals surface area contributed by atoms with E-state index in [1.165, 1.54) is 6.33 Å². The maximum Gasteiger partial charge on any atom is 0.214 e. The Bertz CT molecular complexity index is 86.0. The lowest BCUT2D eigenvalue weighted by atomic mass is 10.7. The standard InChI is InChI=1S/C4H4N2.BCl/c1-2-5-4-6-3-1;1-2/h1-4H;. The van der Waals surface area contributed by atoms with Gasteiger partial charge in [-0.1, -0.05) is 0 Å². The molecule has 1 heterocycles. The smallest absolute Gasteiger partial charge is 0.214 e. The summed E-state index contributed by atoms with van der Waals surface area (Å²) in [5.41, 5.74) is 0. The molecule has 0 spiro atoms. The number of hydrogen-bond donors (Lipinski definition) is 0. The number of halogens is 1. The molecule has 0 atom stereocenters. The lowest BCUT2D eigenvalue weighted by Crippen LogP contribution is -1.66. The summed E-state index contributed by atoms with van der Waals surface area (Å²) >= 11 is 4.14. The van der Waals surface area contributed by atoms with Gasteiger partial charge in [-0.25, -0.2) is 21.4 Å². The molecule has 1 aromatic heterocycles. The van der Waals surface area contributed by atoms with Gasteiger partial charge in [-0.05, 0) is 6.07 Å². The van der Waals surface area contributed by atoms with Crippen molar-refractivity contribution >= 4 is 18.7 Å². The zero-order valence-electron chi connectivity index (χ0n) is 4.16. The van der Waals surface area contributed by atoms with Crippen molar-refractivity contribution in [2.75, 3.05) is 0 Å². The Labute approximate surface area is 54.2 Å². The number of aromatic nitrogens is 2. The quantitative estimate of drug-likeness (QED) is 0.480. The second-order valence-electron chi connectivity index (χ2n) is 0.904. The van der Waals surface area contributed by atoms with E-state index in [4.69, 9.17) is 0 Å². The van der Waals surface area contributed by atoms with Crippen LogP contribution < -0.4 is 0 Å². The molecule has 0 aliphatic carbocycles. The van der Waals surface area contributed by atoms with Crippen molar-refractivity contribution in [1.29, 1.82) is 0 Å². The molecule has 0 saturated carbocycles. The minimum atomic E-state index is 1.50. The lowest BCUT2D eigenvalue weighted by Gasteiger charge is -1.70. The molecule has 0 fully saturated rings. The Kier molecular flexibility index (Phi) is 5.98. The molecule has 40 valence electrons. The SMILES string of the molecule is [B]Cl.c1cncnc1. The highest BCUT2D eigenvalue weighted by atomic mass is 35.5. The van der Waals surface area contributed by atoms with Crippen molar-refractivity contribution in [3.63, 3.8) is 0 Å². The van der Waals surface area contributed by atoms with Crippen molar-refractivity contribution < 1.29 is 0 Å². The molecule has 0 amide bonds. The molecule has 1 rings (SSSR count). The summed E-state index contributed by atoms with van der Waals surface area (Å²) in [6.45, 7) is 0. The van der Waals surface area contributed by atoms with Crippen molar-refractivity contribution in [2.45, 2.75) is 0 Å². The molecule has 0 aromatic carbocycles. The molecule has 1 aromatic rings. The molecule has 0 aliphatic heterocycles. The van der Waals surface area contributed by atoms with E-state index in [0.717, 1.165) is 0 Å². The summed E-state index contributed by atoms with van der Waals surface area (Å²) < 4.78 is 0. The van der Waals surface area contributed by atoms with Crippen LogP contribution in [0.5, 0.6) is 0 Å². The minimum absolute atomic E-state index is 1.50. The van der Waals surface area contributed by atoms with Crippen LogP contribution in [0.25, 0.3) is 0 Å². The van der Waals surface area contributed by atoms with Gasteiger partial charge in [0.2, 0.25) is 7.26 Å². The molecule has 2 nitrogen and oxygen atoms in total. The van der Waals surface area contributed by atoms with Crippen molar-refractivity contribution in [2.24, 2.45) is 0 Å². The van der Waals surface area contributed by atoms with Gasteiger partial charge in [-0.2, -0.15) is 0 Å². The third kappa shape index (κ3) is 3.62. The van der Waals surface area contributed by atoms with E-state index in [-0.39, 0.29) is 0 Å². The highest BCUT2D eigenvalue weighted by molar-refractivity contribution is 6.80. The summed E-state index contributed by atoms with van der Waals surface area (Å²) in [6, 6.07) is 1.78. The first-order chi connectivity index (χ1) is 4.00. The van der Waals surface area contributed by atoms with Crippen LogP contribution in [0.1, 0.15) is 0 Å². The van der Waals surface area contributed by atoms with E-state index in [2.05, 4.69) is 28.7 Å². The van der Waals surface area contributed by atoms with Gasteiger partial charge < -0.3 is 0 Å². The molecule has 0 aliphatic rings. The highest BCUT2D eigenvalue weighted by Gasteiger charge is 1.59. The van der Waals surface area contributed by atoms with Gasteiger partial charge >= 0.3 is 0 Å². The molecule has 8 heavy (non-hydrogen) atoms. The van der Waals surface area contributed by atoms with E-state index >= 15 is 0 Å². The predicted molar refractivity (Wildman–Crippen MR) is 33.6 cm³/mol. The second-order valence-corrected chi connectivity index (χ2v) is 0.904. The van der Waals surface area contributed by atoms with Gasteiger partial charge in [0.1, 0.15) is 6.33 Å². The maximum atomic E-state index is 4.14. The fourth-order valence-corrected chi connectivity index (χ4v) is 0.253. The zero-order valence-corrected chi connectivity index (χ0v) is 4.92. The molecule has 0 bridgehead atoms. The van der Waals surface area contributed by atoms with Crippen LogP contribution in [-0.2, 0) is 0 Å². The summed E-state index contributed by atoms with van der Waals surface area (Å²) in [5, 5.41) is 0. The normalized spacial score (nSPS) is 6.62. The van der Waals surface area contributed by atoms with E-state index < -0.39 is 0 Å². The van der Waals surface area contributed by atoms with Crippen LogP contribution in [0.3, 0.4) is 0 Å².